The Morgan fingerprint density at radius 1 is 1.14 bits per heavy atom. The van der Waals surface area contributed by atoms with Crippen LogP contribution in [0.25, 0.3) is 11.4 Å². The lowest BCUT2D eigenvalue weighted by Gasteiger charge is -2.32. The number of amides is 1. The van der Waals surface area contributed by atoms with Crippen LogP contribution in [0.5, 0.6) is 0 Å². The molecule has 1 atom stereocenters. The summed E-state index contributed by atoms with van der Waals surface area (Å²) in [5, 5.41) is 16.7. The molecule has 1 saturated heterocycles. The van der Waals surface area contributed by atoms with Crippen LogP contribution in [0, 0.1) is 0 Å². The van der Waals surface area contributed by atoms with Gasteiger partial charge in [-0.05, 0) is 25.0 Å². The molecule has 29 heavy (non-hydrogen) atoms. The molecule has 9 heteroatoms. The van der Waals surface area contributed by atoms with E-state index in [4.69, 9.17) is 4.52 Å². The van der Waals surface area contributed by atoms with Crippen LogP contribution in [0.4, 0.5) is 0 Å². The minimum Gasteiger partial charge on any atom is -0.341 e. The van der Waals surface area contributed by atoms with Gasteiger partial charge in [-0.1, -0.05) is 49.3 Å². The van der Waals surface area contributed by atoms with Gasteiger partial charge >= 0.3 is 0 Å². The summed E-state index contributed by atoms with van der Waals surface area (Å²) < 4.78 is 5.32. The highest BCUT2D eigenvalue weighted by atomic mass is 16.5. The smallest absolute Gasteiger partial charge is 0.249 e. The van der Waals surface area contributed by atoms with Gasteiger partial charge in [0.15, 0.2) is 5.82 Å². The lowest BCUT2D eigenvalue weighted by molar-refractivity contribution is -0.136. The molecular formula is C20H25N7O2. The van der Waals surface area contributed by atoms with Crippen LogP contribution in [-0.2, 0) is 4.79 Å². The zero-order valence-electron chi connectivity index (χ0n) is 16.9. The molecule has 152 valence electrons. The van der Waals surface area contributed by atoms with Gasteiger partial charge in [0, 0.05) is 30.5 Å². The normalized spacial score (nSPS) is 16.3. The predicted octanol–water partition coefficient (Wildman–Crippen LogP) is 2.81. The first-order valence-electron chi connectivity index (χ1n) is 10.00. The summed E-state index contributed by atoms with van der Waals surface area (Å²) in [6.45, 7) is 7.17. The minimum atomic E-state index is -0.505. The summed E-state index contributed by atoms with van der Waals surface area (Å²) in [6, 6.07) is 9.10. The number of rotatable bonds is 5. The van der Waals surface area contributed by atoms with E-state index in [1.807, 2.05) is 49.1 Å². The van der Waals surface area contributed by atoms with Crippen LogP contribution < -0.4 is 0 Å². The summed E-state index contributed by atoms with van der Waals surface area (Å²) >= 11 is 0. The second kappa shape index (κ2) is 8.10. The van der Waals surface area contributed by atoms with E-state index < -0.39 is 6.04 Å². The molecule has 1 aliphatic rings. The van der Waals surface area contributed by atoms with Crippen molar-refractivity contribution in [3.05, 3.63) is 42.0 Å². The molecule has 2 aromatic heterocycles. The number of tetrazole rings is 1. The quantitative estimate of drug-likeness (QED) is 0.654. The first-order valence-corrected chi connectivity index (χ1v) is 10.00. The van der Waals surface area contributed by atoms with Gasteiger partial charge in [-0.15, -0.1) is 10.2 Å². The number of likely N-dealkylation sites (tertiary alicyclic amines) is 1. The molecule has 1 amide bonds. The van der Waals surface area contributed by atoms with Gasteiger partial charge in [0.25, 0.3) is 0 Å². The van der Waals surface area contributed by atoms with E-state index in [-0.39, 0.29) is 17.7 Å². The number of benzene rings is 1. The Morgan fingerprint density at radius 3 is 2.52 bits per heavy atom. The van der Waals surface area contributed by atoms with Crippen LogP contribution in [0.3, 0.4) is 0 Å². The molecule has 1 fully saturated rings. The van der Waals surface area contributed by atoms with Crippen molar-refractivity contribution in [1.29, 1.82) is 0 Å². The van der Waals surface area contributed by atoms with Gasteiger partial charge in [0.1, 0.15) is 6.04 Å². The maximum atomic E-state index is 12.9. The third kappa shape index (κ3) is 4.03. The van der Waals surface area contributed by atoms with Gasteiger partial charge in [-0.2, -0.15) is 9.78 Å². The molecule has 0 aliphatic carbocycles. The van der Waals surface area contributed by atoms with Crippen molar-refractivity contribution in [1.82, 2.24) is 35.2 Å². The van der Waals surface area contributed by atoms with Crippen molar-refractivity contribution in [3.63, 3.8) is 0 Å². The number of carbonyl (C=O) groups is 1. The molecule has 9 nitrogen and oxygen atoms in total. The number of aromatic nitrogens is 6. The number of carbonyl (C=O) groups excluding carboxylic acids is 1. The Bertz CT molecular complexity index is 958. The maximum absolute atomic E-state index is 12.9. The summed E-state index contributed by atoms with van der Waals surface area (Å²) in [5.41, 5.74) is 0.875. The molecule has 0 bridgehead atoms. The molecule has 3 aromatic rings. The van der Waals surface area contributed by atoms with E-state index in [1.165, 1.54) is 4.80 Å². The van der Waals surface area contributed by atoms with E-state index in [2.05, 4.69) is 25.6 Å². The van der Waals surface area contributed by atoms with Crippen molar-refractivity contribution in [2.45, 2.75) is 51.5 Å². The molecule has 0 radical (unpaired) electrons. The van der Waals surface area contributed by atoms with Gasteiger partial charge in [0.2, 0.25) is 17.6 Å². The van der Waals surface area contributed by atoms with Crippen molar-refractivity contribution in [3.8, 4) is 11.4 Å². The highest BCUT2D eigenvalue weighted by molar-refractivity contribution is 5.80. The maximum Gasteiger partial charge on any atom is 0.249 e. The summed E-state index contributed by atoms with van der Waals surface area (Å²) in [5.74, 6) is 2.37. The molecule has 0 N–H and O–H groups in total. The first-order chi connectivity index (χ1) is 14.0. The van der Waals surface area contributed by atoms with Crippen LogP contribution in [0.2, 0.25) is 0 Å². The summed E-state index contributed by atoms with van der Waals surface area (Å²) in [4.78, 5) is 20.7. The zero-order valence-corrected chi connectivity index (χ0v) is 16.9. The van der Waals surface area contributed by atoms with Gasteiger partial charge < -0.3 is 9.42 Å². The molecule has 3 heterocycles. The van der Waals surface area contributed by atoms with E-state index in [1.54, 1.807) is 6.92 Å². The third-order valence-corrected chi connectivity index (χ3v) is 5.29. The van der Waals surface area contributed by atoms with Gasteiger partial charge in [-0.25, -0.2) is 0 Å². The predicted molar refractivity (Wildman–Crippen MR) is 105 cm³/mol. The van der Waals surface area contributed by atoms with E-state index in [9.17, 15) is 4.79 Å². The molecule has 1 aromatic carbocycles. The average molecular weight is 395 g/mol. The van der Waals surface area contributed by atoms with Crippen LogP contribution in [-0.4, -0.2) is 54.2 Å². The van der Waals surface area contributed by atoms with Crippen molar-refractivity contribution >= 4 is 5.91 Å². The fourth-order valence-corrected chi connectivity index (χ4v) is 3.46. The highest BCUT2D eigenvalue weighted by Gasteiger charge is 2.30. The lowest BCUT2D eigenvalue weighted by atomic mass is 9.95. The van der Waals surface area contributed by atoms with Crippen LogP contribution in [0.1, 0.15) is 63.2 Å². The number of hydrogen-bond donors (Lipinski definition) is 0. The summed E-state index contributed by atoms with van der Waals surface area (Å²) in [6.07, 6.45) is 1.63. The minimum absolute atomic E-state index is 0.00329. The Labute approximate surface area is 169 Å². The molecule has 1 aliphatic heterocycles. The number of hydrogen-bond acceptors (Lipinski definition) is 7. The van der Waals surface area contributed by atoms with E-state index >= 15 is 0 Å². The average Bonchev–Trinajstić information content (AvgIpc) is 3.44. The molecule has 0 saturated carbocycles. The molecule has 4 rings (SSSR count). The van der Waals surface area contributed by atoms with Crippen LogP contribution >= 0.6 is 0 Å². The second-order valence-electron chi connectivity index (χ2n) is 7.72. The third-order valence-electron chi connectivity index (χ3n) is 5.29. The SMILES string of the molecule is CC(C)c1nc(C2CCN(C(=O)[C@H](C)n3nnc(-c4ccccc4)n3)CC2)no1. The lowest BCUT2D eigenvalue weighted by Crippen LogP contribution is -2.42. The molecular weight excluding hydrogens is 370 g/mol. The highest BCUT2D eigenvalue weighted by Crippen LogP contribution is 2.28. The number of piperidine rings is 1. The van der Waals surface area contributed by atoms with Gasteiger partial charge in [0.05, 0.1) is 0 Å². The largest absolute Gasteiger partial charge is 0.341 e. The Balaban J connectivity index is 1.37. The van der Waals surface area contributed by atoms with E-state index in [0.29, 0.717) is 24.8 Å². The monoisotopic (exact) mass is 395 g/mol. The van der Waals surface area contributed by atoms with Crippen molar-refractivity contribution in [2.24, 2.45) is 0 Å². The first kappa shape index (κ1) is 19.2. The molecule has 0 spiro atoms. The fourth-order valence-electron chi connectivity index (χ4n) is 3.46. The standard InChI is InChI=1S/C20H25N7O2/c1-13(2)19-21-17(24-29-19)16-9-11-26(12-10-16)20(28)14(3)27-23-18(22-25-27)15-7-5-4-6-8-15/h4-8,13-14,16H,9-12H2,1-3H3/t14-/m0/s1. The Kier molecular flexibility index (Phi) is 5.37. The zero-order chi connectivity index (χ0) is 20.4. The molecule has 0 unspecified atom stereocenters. The summed E-state index contributed by atoms with van der Waals surface area (Å²) in [7, 11) is 0. The van der Waals surface area contributed by atoms with Crippen molar-refractivity contribution in [2.75, 3.05) is 13.1 Å². The van der Waals surface area contributed by atoms with E-state index in [0.717, 1.165) is 24.2 Å². The fraction of sp³-hybridized carbons (Fsp3) is 0.500. The Hall–Kier alpha value is -3.10. The Morgan fingerprint density at radius 2 is 1.86 bits per heavy atom. The topological polar surface area (TPSA) is 103 Å². The number of nitrogens with zero attached hydrogens (tertiary/aromatic N) is 7. The van der Waals surface area contributed by atoms with Crippen LogP contribution in [0.15, 0.2) is 34.9 Å². The van der Waals surface area contributed by atoms with Crippen molar-refractivity contribution < 1.29 is 9.32 Å². The van der Waals surface area contributed by atoms with Gasteiger partial charge in [-0.3, -0.25) is 4.79 Å². The second-order valence-corrected chi connectivity index (χ2v) is 7.72.